The molecular weight excluding hydrogens is 1260 g/mol. The molecule has 3 aliphatic heterocycles. The van der Waals surface area contributed by atoms with Crippen molar-refractivity contribution in [2.75, 3.05) is 72.8 Å². The summed E-state index contributed by atoms with van der Waals surface area (Å²) < 4.78 is 24.4. The Balaban J connectivity index is 0.000000409. The van der Waals surface area contributed by atoms with Gasteiger partial charge in [-0.2, -0.15) is 20.3 Å². The number of ketones is 3. The first kappa shape index (κ1) is 80.8. The largest absolute Gasteiger partial charge is 0.381 e. The van der Waals surface area contributed by atoms with Crippen LogP contribution in [0.25, 0.3) is 0 Å². The summed E-state index contributed by atoms with van der Waals surface area (Å²) in [6.45, 7) is 40.8. The van der Waals surface area contributed by atoms with Gasteiger partial charge in [-0.25, -0.2) is 24.3 Å². The maximum absolute atomic E-state index is 13.0. The number of rotatable bonds is 23. The number of nitrogens with one attached hydrogen (secondary N) is 1. The van der Waals surface area contributed by atoms with Gasteiger partial charge < -0.3 is 38.5 Å². The number of fused-ring (bicyclic) bond motifs is 2. The molecule has 0 radical (unpaired) electrons. The first-order valence-electron chi connectivity index (χ1n) is 30.7. The predicted octanol–water partition coefficient (Wildman–Crippen LogP) is 12.2. The summed E-state index contributed by atoms with van der Waals surface area (Å²) >= 11 is 11.2. The average Bonchev–Trinajstić information content (AvgIpc) is 1.08. The molecule has 3 aliphatic rings. The molecule has 504 valence electrons. The van der Waals surface area contributed by atoms with Crippen LogP contribution in [-0.2, 0) is 48.4 Å². The number of nitrogens with zero attached hydrogens (tertiary/aromatic N) is 13. The minimum atomic E-state index is -1.18. The van der Waals surface area contributed by atoms with Crippen LogP contribution in [0, 0.1) is 0 Å². The molecule has 90 heavy (non-hydrogen) atoms. The highest BCUT2D eigenvalue weighted by Gasteiger charge is 2.40. The summed E-state index contributed by atoms with van der Waals surface area (Å²) in [5.41, 5.74) is 3.01. The minimum absolute atomic E-state index is 0. The smallest absolute Gasteiger partial charge is 0.249 e. The van der Waals surface area contributed by atoms with Gasteiger partial charge in [-0.1, -0.05) is 84.4 Å². The molecule has 8 rings (SSSR count). The van der Waals surface area contributed by atoms with Gasteiger partial charge in [-0.3, -0.25) is 29.1 Å². The van der Waals surface area contributed by atoms with Gasteiger partial charge in [0.1, 0.15) is 65.9 Å². The summed E-state index contributed by atoms with van der Waals surface area (Å²) in [5.74, 6) is 1.88. The summed E-state index contributed by atoms with van der Waals surface area (Å²) in [6.07, 6.45) is 12.0. The zero-order valence-corrected chi connectivity index (χ0v) is 62.2. The Morgan fingerprint density at radius 3 is 1.48 bits per heavy atom. The van der Waals surface area contributed by atoms with Crippen LogP contribution in [0.15, 0.2) is 49.2 Å². The standard InChI is InChI=1S/C23H36N6O3Si.C12H17ClN4O.C11H20N2O2Si.C6H15ClOSi.C5H6N2O.C4H8O.ClH/c1-8-17-23(31)27(4)19-14-24-21(26-22(19)29(17)16(2)3)13-20(30)18-9-10-25-28(18)15-32-11-12-33(5,6)7;1-5-8-11(18)16(4)9-6-14-12(13)15-10(9)17(8)7(2)3;1-10(14)11-5-6-12-13(11)9-15-7-8-16(2,3)4;1-9(2,3)5-4-8-6-7;1-4(8)5-2-3-6-7-5;1-2-4-5-3-1;/h9-10,14,16-17H,8,11-13,15H2,1-7H3;6-8H,5H2,1-4H3;5-6H,7-9H2,1-4H3;4-6H2,1-3H3;2-3H,1H3,(H,6,7);1-4H2;1H/t17-;8-;;;;;/m11...../s1. The quantitative estimate of drug-likeness (QED) is 0.0210. The Labute approximate surface area is 553 Å². The predicted molar refractivity (Wildman–Crippen MR) is 371 cm³/mol. The maximum atomic E-state index is 13.0. The van der Waals surface area contributed by atoms with E-state index < -0.39 is 24.2 Å². The van der Waals surface area contributed by atoms with Crippen LogP contribution in [0.5, 0.6) is 0 Å². The van der Waals surface area contributed by atoms with Crippen LogP contribution in [0.1, 0.15) is 118 Å². The fraction of sp³-hybridized carbons (Fsp3) is 0.639. The molecule has 5 aromatic heterocycles. The number of aromatic amines is 1. The zero-order valence-electron chi connectivity index (χ0n) is 56.9. The van der Waals surface area contributed by atoms with Gasteiger partial charge >= 0.3 is 0 Å². The first-order valence-corrected chi connectivity index (χ1v) is 42.8. The van der Waals surface area contributed by atoms with Crippen LogP contribution < -0.4 is 19.6 Å². The average molecular weight is 1370 g/mol. The molecule has 2 atom stereocenters. The number of anilines is 4. The Kier molecular flexibility index (Phi) is 35.3. The van der Waals surface area contributed by atoms with Gasteiger partial charge in [0.05, 0.1) is 18.8 Å². The number of carbonyl (C=O) groups is 5. The summed E-state index contributed by atoms with van der Waals surface area (Å²) in [7, 11) is 0.405. The molecule has 0 saturated carbocycles. The van der Waals surface area contributed by atoms with Crippen molar-refractivity contribution in [3.05, 3.63) is 77.4 Å². The van der Waals surface area contributed by atoms with Crippen molar-refractivity contribution in [2.24, 2.45) is 0 Å². The number of alkyl halides is 1. The molecule has 29 heteroatoms. The lowest BCUT2D eigenvalue weighted by molar-refractivity contribution is -0.120. The highest BCUT2D eigenvalue weighted by molar-refractivity contribution is 6.76. The van der Waals surface area contributed by atoms with E-state index in [1.54, 1.807) is 82.4 Å². The van der Waals surface area contributed by atoms with Gasteiger partial charge in [-0.05, 0) is 101 Å². The number of halogens is 3. The van der Waals surface area contributed by atoms with E-state index in [0.717, 1.165) is 50.8 Å². The Hall–Kier alpha value is -5.30. The van der Waals surface area contributed by atoms with Crippen LogP contribution >= 0.6 is 35.6 Å². The maximum Gasteiger partial charge on any atom is 0.249 e. The van der Waals surface area contributed by atoms with E-state index in [2.05, 4.69) is 94.3 Å². The van der Waals surface area contributed by atoms with E-state index in [0.29, 0.717) is 65.9 Å². The fourth-order valence-electron chi connectivity index (χ4n) is 8.95. The summed E-state index contributed by atoms with van der Waals surface area (Å²) in [6, 6.07) is 8.58. The number of carbonyl (C=O) groups excluding carboxylic acids is 5. The first-order chi connectivity index (χ1) is 41.8. The third-order valence-electron chi connectivity index (χ3n) is 14.1. The SMILES string of the molecule is C1CCOC1.CC(=O)c1ccn[nH]1.CC(=O)c1ccnn1COCC[Si](C)(C)C.CC[C@@H]1C(=O)N(C)c2cnc(CC(=O)c3ccnn3COCC[Si](C)(C)C)nc2N1C(C)C.CC[C@@H]1C(=O)N(C)c2cnc(Cl)nc2N1C(C)C.C[Si](C)(C)CCOCCl.Cl. The molecule has 0 aliphatic carbocycles. The molecule has 1 saturated heterocycles. The number of hydrogen-bond acceptors (Lipinski definition) is 18. The summed E-state index contributed by atoms with van der Waals surface area (Å²) in [4.78, 5) is 84.4. The number of aromatic nitrogens is 10. The molecule has 0 spiro atoms. The monoisotopic (exact) mass is 1360 g/mol. The minimum Gasteiger partial charge on any atom is -0.381 e. The molecular formula is C61H103Cl3N14O9Si3. The van der Waals surface area contributed by atoms with Gasteiger partial charge in [-0.15, -0.1) is 12.4 Å². The number of likely N-dealkylation sites (N-methyl/N-ethyl adjacent to an activating group) is 2. The van der Waals surface area contributed by atoms with Crippen molar-refractivity contribution in [2.45, 2.75) is 202 Å². The third-order valence-corrected chi connectivity index (χ3v) is 19.6. The van der Waals surface area contributed by atoms with E-state index in [1.807, 2.05) is 51.3 Å². The highest BCUT2D eigenvalue weighted by Crippen LogP contribution is 2.37. The topological polar surface area (TPSA) is 251 Å². The van der Waals surface area contributed by atoms with E-state index in [-0.39, 0.29) is 84.2 Å². The number of Topliss-reactive ketones (excluding diaryl/α,β-unsaturated/α-hetero) is 3. The van der Waals surface area contributed by atoms with Gasteiger partial charge in [0.2, 0.25) is 17.1 Å². The number of amides is 2. The van der Waals surface area contributed by atoms with Crippen molar-refractivity contribution in [1.82, 2.24) is 49.7 Å². The van der Waals surface area contributed by atoms with Crippen molar-refractivity contribution in [3.8, 4) is 0 Å². The Morgan fingerprint density at radius 1 is 0.656 bits per heavy atom. The van der Waals surface area contributed by atoms with Crippen molar-refractivity contribution in [3.63, 3.8) is 0 Å². The molecule has 0 bridgehead atoms. The van der Waals surface area contributed by atoms with Crippen LogP contribution in [0.2, 0.25) is 82.3 Å². The highest BCUT2D eigenvalue weighted by atomic mass is 35.5. The van der Waals surface area contributed by atoms with E-state index in [4.69, 9.17) is 47.1 Å². The normalized spacial score (nSPS) is 15.4. The van der Waals surface area contributed by atoms with Gasteiger partial charge in [0.25, 0.3) is 0 Å². The van der Waals surface area contributed by atoms with Crippen molar-refractivity contribution in [1.29, 1.82) is 0 Å². The lowest BCUT2D eigenvalue weighted by atomic mass is 10.1. The van der Waals surface area contributed by atoms with Crippen LogP contribution in [0.4, 0.5) is 23.0 Å². The lowest BCUT2D eigenvalue weighted by Crippen LogP contribution is -2.55. The second-order valence-corrected chi connectivity index (χ2v) is 43.4. The lowest BCUT2D eigenvalue weighted by Gasteiger charge is -2.42. The Morgan fingerprint density at radius 2 is 1.10 bits per heavy atom. The molecule has 0 unspecified atom stereocenters. The van der Waals surface area contributed by atoms with Crippen LogP contribution in [-0.4, -0.2) is 180 Å². The van der Waals surface area contributed by atoms with E-state index in [1.165, 1.54) is 32.7 Å². The molecule has 23 nitrogen and oxygen atoms in total. The third kappa shape index (κ3) is 27.1. The molecule has 1 N–H and O–H groups in total. The molecule has 0 aromatic carbocycles. The van der Waals surface area contributed by atoms with Crippen molar-refractivity contribution < 1.29 is 42.9 Å². The van der Waals surface area contributed by atoms with Gasteiger partial charge in [0.15, 0.2) is 29.0 Å². The number of hydrogen-bond donors (Lipinski definition) is 1. The summed E-state index contributed by atoms with van der Waals surface area (Å²) in [5, 5.41) is 14.6. The molecule has 2 amide bonds. The van der Waals surface area contributed by atoms with E-state index >= 15 is 0 Å². The van der Waals surface area contributed by atoms with Crippen molar-refractivity contribution >= 4 is 112 Å². The van der Waals surface area contributed by atoms with Crippen LogP contribution in [0.3, 0.4) is 0 Å². The van der Waals surface area contributed by atoms with E-state index in [9.17, 15) is 24.0 Å². The Bertz CT molecular complexity index is 2960. The number of H-pyrrole nitrogens is 1. The second-order valence-electron chi connectivity index (χ2n) is 25.9. The fourth-order valence-corrected chi connectivity index (χ4v) is 11.5. The number of ether oxygens (including phenoxy) is 4. The second kappa shape index (κ2) is 39.3. The molecule has 8 heterocycles. The molecule has 5 aromatic rings. The molecule has 1 fully saturated rings. The zero-order chi connectivity index (χ0) is 66.8. The van der Waals surface area contributed by atoms with Gasteiger partial charge in [0, 0.05) is 116 Å².